The van der Waals surface area contributed by atoms with E-state index in [9.17, 15) is 8.78 Å². The van der Waals surface area contributed by atoms with Crippen molar-refractivity contribution >= 4 is 0 Å². The second-order valence-corrected chi connectivity index (χ2v) is 2.88. The Labute approximate surface area is 59.0 Å². The van der Waals surface area contributed by atoms with E-state index in [4.69, 9.17) is 5.73 Å². The molecule has 1 heterocycles. The fourth-order valence-electron chi connectivity index (χ4n) is 1.09. The molecule has 0 spiro atoms. The van der Waals surface area contributed by atoms with Gasteiger partial charge in [-0.2, -0.15) is 0 Å². The molecular weight excluding hydrogens is 138 g/mol. The maximum atomic E-state index is 12.6. The molecule has 0 aromatic heterocycles. The van der Waals surface area contributed by atoms with Crippen molar-refractivity contribution in [2.24, 2.45) is 5.73 Å². The van der Waals surface area contributed by atoms with Gasteiger partial charge in [0, 0.05) is 19.5 Å². The number of rotatable bonds is 0. The fourth-order valence-corrected chi connectivity index (χ4v) is 1.09. The lowest BCUT2D eigenvalue weighted by Gasteiger charge is -2.33. The van der Waals surface area contributed by atoms with Gasteiger partial charge in [0.2, 0.25) is 0 Å². The lowest BCUT2D eigenvalue weighted by molar-refractivity contribution is -0.0679. The van der Waals surface area contributed by atoms with Crippen molar-refractivity contribution in [3.8, 4) is 0 Å². The number of likely N-dealkylation sites (N-methyl/N-ethyl adjacent to an activating group) is 1. The first-order valence-electron chi connectivity index (χ1n) is 3.34. The zero-order valence-electron chi connectivity index (χ0n) is 5.98. The minimum absolute atomic E-state index is 0.106. The summed E-state index contributed by atoms with van der Waals surface area (Å²) in [5.41, 5.74) is 5.21. The summed E-state index contributed by atoms with van der Waals surface area (Å²) in [7, 11) is 1.80. The summed E-state index contributed by atoms with van der Waals surface area (Å²) in [5, 5.41) is 0. The van der Waals surface area contributed by atoms with Gasteiger partial charge in [0.05, 0.1) is 6.04 Å². The second-order valence-electron chi connectivity index (χ2n) is 2.88. The molecule has 0 amide bonds. The lowest BCUT2D eigenvalue weighted by Crippen LogP contribution is -2.54. The highest BCUT2D eigenvalue weighted by Crippen LogP contribution is 2.25. The molecule has 1 atom stereocenters. The molecule has 0 radical (unpaired) electrons. The topological polar surface area (TPSA) is 29.3 Å². The van der Waals surface area contributed by atoms with Crippen LogP contribution >= 0.6 is 0 Å². The molecule has 4 heteroatoms. The molecule has 0 saturated carbocycles. The molecule has 1 unspecified atom stereocenters. The largest absolute Gasteiger partial charge is 0.322 e. The summed E-state index contributed by atoms with van der Waals surface area (Å²) in [6, 6.07) is -0.980. The number of likely N-dealkylation sites (tertiary alicyclic amines) is 1. The van der Waals surface area contributed by atoms with Gasteiger partial charge in [0.15, 0.2) is 0 Å². The van der Waals surface area contributed by atoms with E-state index in [1.165, 1.54) is 0 Å². The molecule has 10 heavy (non-hydrogen) atoms. The van der Waals surface area contributed by atoms with Crippen LogP contribution in [0.3, 0.4) is 0 Å². The van der Waals surface area contributed by atoms with Crippen LogP contribution in [0.5, 0.6) is 0 Å². The van der Waals surface area contributed by atoms with Crippen LogP contribution < -0.4 is 5.73 Å². The first-order valence-corrected chi connectivity index (χ1v) is 3.34. The molecule has 0 bridgehead atoms. The van der Waals surface area contributed by atoms with Crippen molar-refractivity contribution < 1.29 is 8.78 Å². The summed E-state index contributed by atoms with van der Waals surface area (Å²) in [6.07, 6.45) is -0.106. The average Bonchev–Trinajstić information content (AvgIpc) is 1.81. The monoisotopic (exact) mass is 150 g/mol. The molecule has 1 aliphatic rings. The first kappa shape index (κ1) is 7.88. The van der Waals surface area contributed by atoms with Crippen LogP contribution in [0.25, 0.3) is 0 Å². The first-order chi connectivity index (χ1) is 4.52. The highest BCUT2D eigenvalue weighted by atomic mass is 19.3. The molecule has 1 fully saturated rings. The Bertz CT molecular complexity index is 127. The van der Waals surface area contributed by atoms with Crippen LogP contribution in [-0.2, 0) is 0 Å². The van der Waals surface area contributed by atoms with E-state index in [0.29, 0.717) is 13.1 Å². The van der Waals surface area contributed by atoms with Crippen molar-refractivity contribution in [2.75, 3.05) is 20.1 Å². The van der Waals surface area contributed by atoms with Gasteiger partial charge < -0.3 is 10.6 Å². The molecular formula is C6H12F2N2. The molecule has 0 aromatic carbocycles. The van der Waals surface area contributed by atoms with Crippen LogP contribution in [0.1, 0.15) is 6.42 Å². The predicted molar refractivity (Wildman–Crippen MR) is 35.0 cm³/mol. The number of hydrogen-bond donors (Lipinski definition) is 1. The minimum atomic E-state index is -2.65. The quantitative estimate of drug-likeness (QED) is 0.537. The van der Waals surface area contributed by atoms with Gasteiger partial charge in [0.1, 0.15) is 0 Å². The van der Waals surface area contributed by atoms with Crippen molar-refractivity contribution in [3.05, 3.63) is 0 Å². The number of hydrogen-bond acceptors (Lipinski definition) is 2. The SMILES string of the molecule is CN1CCC(F)(F)C(N)C1. The number of piperidine rings is 1. The van der Waals surface area contributed by atoms with Gasteiger partial charge in [-0.25, -0.2) is 8.78 Å². The van der Waals surface area contributed by atoms with Crippen LogP contribution in [0.4, 0.5) is 8.78 Å². The number of nitrogens with two attached hydrogens (primary N) is 1. The number of halogens is 2. The lowest BCUT2D eigenvalue weighted by atomic mass is 10.0. The maximum Gasteiger partial charge on any atom is 0.265 e. The van der Waals surface area contributed by atoms with Crippen molar-refractivity contribution in [1.82, 2.24) is 4.90 Å². The normalized spacial score (nSPS) is 34.2. The Hall–Kier alpha value is -0.220. The van der Waals surface area contributed by atoms with Crippen molar-refractivity contribution in [1.29, 1.82) is 0 Å². The number of nitrogens with zero attached hydrogens (tertiary/aromatic N) is 1. The summed E-state index contributed by atoms with van der Waals surface area (Å²) < 4.78 is 25.2. The highest BCUT2D eigenvalue weighted by Gasteiger charge is 2.40. The van der Waals surface area contributed by atoms with E-state index in [1.807, 2.05) is 4.90 Å². The van der Waals surface area contributed by atoms with Gasteiger partial charge in [-0.05, 0) is 7.05 Å². The summed E-state index contributed by atoms with van der Waals surface area (Å²) >= 11 is 0. The van der Waals surface area contributed by atoms with E-state index in [2.05, 4.69) is 0 Å². The molecule has 60 valence electrons. The van der Waals surface area contributed by atoms with E-state index >= 15 is 0 Å². The molecule has 0 aromatic rings. The molecule has 1 aliphatic heterocycles. The molecule has 1 rings (SSSR count). The third kappa shape index (κ3) is 1.44. The van der Waals surface area contributed by atoms with E-state index in [0.717, 1.165) is 0 Å². The van der Waals surface area contributed by atoms with Gasteiger partial charge in [-0.15, -0.1) is 0 Å². The van der Waals surface area contributed by atoms with Gasteiger partial charge in [-0.3, -0.25) is 0 Å². The third-order valence-electron chi connectivity index (χ3n) is 1.88. The zero-order chi connectivity index (χ0) is 7.78. The Morgan fingerprint density at radius 1 is 1.60 bits per heavy atom. The second kappa shape index (κ2) is 2.43. The Morgan fingerprint density at radius 2 is 2.20 bits per heavy atom. The summed E-state index contributed by atoms with van der Waals surface area (Å²) in [5.74, 6) is -2.65. The van der Waals surface area contributed by atoms with Gasteiger partial charge >= 0.3 is 0 Å². The third-order valence-corrected chi connectivity index (χ3v) is 1.88. The van der Waals surface area contributed by atoms with Crippen LogP contribution in [0.2, 0.25) is 0 Å². The van der Waals surface area contributed by atoms with Gasteiger partial charge in [-0.1, -0.05) is 0 Å². The zero-order valence-corrected chi connectivity index (χ0v) is 5.98. The fraction of sp³-hybridized carbons (Fsp3) is 1.00. The summed E-state index contributed by atoms with van der Waals surface area (Å²) in [6.45, 7) is 0.744. The molecule has 2 N–H and O–H groups in total. The predicted octanol–water partition coefficient (Wildman–Crippen LogP) is 0.285. The Kier molecular flexibility index (Phi) is 1.92. The molecule has 1 saturated heterocycles. The van der Waals surface area contributed by atoms with Gasteiger partial charge in [0.25, 0.3) is 5.92 Å². The van der Waals surface area contributed by atoms with Crippen LogP contribution in [0.15, 0.2) is 0 Å². The van der Waals surface area contributed by atoms with Crippen LogP contribution in [0, 0.1) is 0 Å². The van der Waals surface area contributed by atoms with E-state index in [1.54, 1.807) is 7.05 Å². The van der Waals surface area contributed by atoms with Crippen molar-refractivity contribution in [2.45, 2.75) is 18.4 Å². The standard InChI is InChI=1S/C6H12F2N2/c1-10-3-2-6(7,8)5(9)4-10/h5H,2-4,9H2,1H3. The van der Waals surface area contributed by atoms with E-state index < -0.39 is 12.0 Å². The maximum absolute atomic E-state index is 12.6. The Balaban J connectivity index is 2.52. The Morgan fingerprint density at radius 3 is 2.60 bits per heavy atom. The number of alkyl halides is 2. The average molecular weight is 150 g/mol. The van der Waals surface area contributed by atoms with E-state index in [-0.39, 0.29) is 6.42 Å². The highest BCUT2D eigenvalue weighted by molar-refractivity contribution is 4.87. The minimum Gasteiger partial charge on any atom is -0.322 e. The molecule has 0 aliphatic carbocycles. The summed E-state index contributed by atoms with van der Waals surface area (Å²) in [4.78, 5) is 1.82. The smallest absolute Gasteiger partial charge is 0.265 e. The van der Waals surface area contributed by atoms with Crippen molar-refractivity contribution in [3.63, 3.8) is 0 Å². The van der Waals surface area contributed by atoms with Crippen LogP contribution in [-0.4, -0.2) is 37.0 Å². The molecule has 2 nitrogen and oxygen atoms in total.